The quantitative estimate of drug-likeness (QED) is 0.292. The molecule has 0 fully saturated rings. The Morgan fingerprint density at radius 1 is 1.07 bits per heavy atom. The summed E-state index contributed by atoms with van der Waals surface area (Å²) in [7, 11) is 0. The Balaban J connectivity index is 2.89. The number of fused-ring (bicyclic) bond motifs is 1. The number of hydrogen-bond acceptors (Lipinski definition) is 5. The van der Waals surface area contributed by atoms with E-state index in [1.54, 1.807) is 0 Å². The highest BCUT2D eigenvalue weighted by Crippen LogP contribution is 2.55. The molecule has 0 atom stereocenters. The Kier molecular flexibility index (Phi) is 5.73. The van der Waals surface area contributed by atoms with Crippen molar-refractivity contribution in [2.75, 3.05) is 16.8 Å². The second kappa shape index (κ2) is 7.22. The first-order valence-corrected chi connectivity index (χ1v) is 8.66. The van der Waals surface area contributed by atoms with Gasteiger partial charge >= 0.3 is 18.5 Å². The highest BCUT2D eigenvalue weighted by molar-refractivity contribution is 8.04. The molecule has 14 heteroatoms. The largest absolute Gasteiger partial charge is 0.433 e. The molecule has 0 amide bonds. The van der Waals surface area contributed by atoms with Crippen LogP contribution >= 0.6 is 11.8 Å². The molecular weight excluding hydrogens is 439 g/mol. The first-order valence-electron chi connectivity index (χ1n) is 7.68. The van der Waals surface area contributed by atoms with Crippen molar-refractivity contribution in [1.29, 1.82) is 5.41 Å². The minimum atomic E-state index is -5.99. The third-order valence-electron chi connectivity index (χ3n) is 3.90. The number of nitrogens with two attached hydrogens (primary N) is 1. The molecule has 5 N–H and O–H groups in total. The number of alkyl halides is 9. The molecule has 0 aromatic heterocycles. The molecular formula is C15H13F9N4S. The van der Waals surface area contributed by atoms with E-state index in [1.165, 1.54) is 12.2 Å². The lowest BCUT2D eigenvalue weighted by Crippen LogP contribution is -2.65. The van der Waals surface area contributed by atoms with Crippen LogP contribution in [-0.2, 0) is 5.54 Å². The molecule has 1 heterocycles. The van der Waals surface area contributed by atoms with E-state index >= 15 is 0 Å². The van der Waals surface area contributed by atoms with E-state index < -0.39 is 51.8 Å². The van der Waals surface area contributed by atoms with Crippen molar-refractivity contribution in [2.45, 2.75) is 31.0 Å². The van der Waals surface area contributed by atoms with Crippen molar-refractivity contribution in [3.63, 3.8) is 0 Å². The Morgan fingerprint density at radius 3 is 2.07 bits per heavy atom. The van der Waals surface area contributed by atoms with Crippen LogP contribution in [0, 0.1) is 5.41 Å². The summed E-state index contributed by atoms with van der Waals surface area (Å²) >= 11 is 0.263. The molecule has 0 bridgehead atoms. The van der Waals surface area contributed by atoms with E-state index in [4.69, 9.17) is 11.1 Å². The van der Waals surface area contributed by atoms with Crippen LogP contribution in [0.15, 0.2) is 28.9 Å². The van der Waals surface area contributed by atoms with Gasteiger partial charge < -0.3 is 16.4 Å². The molecule has 0 saturated heterocycles. The van der Waals surface area contributed by atoms with Crippen LogP contribution in [0.1, 0.15) is 12.5 Å². The monoisotopic (exact) mass is 452 g/mol. The van der Waals surface area contributed by atoms with Gasteiger partial charge in [-0.3, -0.25) is 5.41 Å². The fourth-order valence-corrected chi connectivity index (χ4v) is 3.47. The zero-order valence-corrected chi connectivity index (χ0v) is 15.1. The van der Waals surface area contributed by atoms with Gasteiger partial charge in [0.15, 0.2) is 5.71 Å². The maximum absolute atomic E-state index is 13.8. The average molecular weight is 452 g/mol. The summed E-state index contributed by atoms with van der Waals surface area (Å²) in [5.74, 6) is -1.40. The van der Waals surface area contributed by atoms with E-state index in [2.05, 4.69) is 5.32 Å². The molecule has 1 aromatic rings. The van der Waals surface area contributed by atoms with Gasteiger partial charge in [0.05, 0.1) is 4.91 Å². The SMILES string of the molecule is CCS/C(C(=N)C(F)(F)F)=C1/Nc2cc(N)ccc2C(C(F)(F)F)(C(F)(F)F)N1. The van der Waals surface area contributed by atoms with Crippen molar-refractivity contribution >= 4 is 28.8 Å². The maximum Gasteiger partial charge on any atom is 0.433 e. The molecule has 1 aromatic carbocycles. The Morgan fingerprint density at radius 2 is 1.62 bits per heavy atom. The molecule has 1 aliphatic rings. The van der Waals surface area contributed by atoms with Gasteiger partial charge in [-0.2, -0.15) is 39.5 Å². The summed E-state index contributed by atoms with van der Waals surface area (Å²) in [5, 5.41) is 10.5. The van der Waals surface area contributed by atoms with Crippen LogP contribution < -0.4 is 16.4 Å². The van der Waals surface area contributed by atoms with Crippen LogP contribution in [0.3, 0.4) is 0 Å². The number of thioether (sulfide) groups is 1. The van der Waals surface area contributed by atoms with E-state index in [1.807, 2.05) is 0 Å². The van der Waals surface area contributed by atoms with E-state index in [0.717, 1.165) is 12.1 Å². The highest BCUT2D eigenvalue weighted by Gasteiger charge is 2.74. The molecule has 0 unspecified atom stereocenters. The number of benzene rings is 1. The second-order valence-corrected chi connectivity index (χ2v) is 7.08. The molecule has 162 valence electrons. The smallest absolute Gasteiger partial charge is 0.399 e. The summed E-state index contributed by atoms with van der Waals surface area (Å²) in [6, 6.07) is 2.04. The molecule has 0 aliphatic carbocycles. The fourth-order valence-electron chi connectivity index (χ4n) is 2.68. The third kappa shape index (κ3) is 3.94. The summed E-state index contributed by atoms with van der Waals surface area (Å²) < 4.78 is 122. The Hall–Kier alpha value is -2.25. The third-order valence-corrected chi connectivity index (χ3v) is 4.88. The number of nitrogen functional groups attached to an aromatic ring is 1. The van der Waals surface area contributed by atoms with Gasteiger partial charge in [0.2, 0.25) is 0 Å². The van der Waals surface area contributed by atoms with Crippen molar-refractivity contribution < 1.29 is 39.5 Å². The van der Waals surface area contributed by atoms with Crippen molar-refractivity contribution in [3.05, 3.63) is 34.5 Å². The number of halogens is 9. The molecule has 0 saturated carbocycles. The first-order chi connectivity index (χ1) is 13.1. The fraction of sp³-hybridized carbons (Fsp3) is 0.400. The predicted molar refractivity (Wildman–Crippen MR) is 90.3 cm³/mol. The normalized spacial score (nSPS) is 18.4. The van der Waals surface area contributed by atoms with Gasteiger partial charge in [-0.15, -0.1) is 11.8 Å². The summed E-state index contributed by atoms with van der Waals surface area (Å²) in [6.45, 7) is 1.32. The van der Waals surface area contributed by atoms with Crippen LogP contribution in [0.25, 0.3) is 0 Å². The van der Waals surface area contributed by atoms with E-state index in [0.29, 0.717) is 6.07 Å². The summed E-state index contributed by atoms with van der Waals surface area (Å²) in [6.07, 6.45) is -17.3. The lowest BCUT2D eigenvalue weighted by atomic mass is 9.84. The van der Waals surface area contributed by atoms with Gasteiger partial charge in [0, 0.05) is 16.9 Å². The van der Waals surface area contributed by atoms with Gasteiger partial charge in [0.25, 0.3) is 5.54 Å². The maximum atomic E-state index is 13.8. The number of allylic oxidation sites excluding steroid dienone is 1. The minimum Gasteiger partial charge on any atom is -0.399 e. The second-order valence-electron chi connectivity index (χ2n) is 5.81. The molecule has 1 aliphatic heterocycles. The van der Waals surface area contributed by atoms with Gasteiger partial charge in [-0.25, -0.2) is 0 Å². The number of anilines is 2. The minimum absolute atomic E-state index is 0.157. The molecule has 2 rings (SSSR count). The summed E-state index contributed by atoms with van der Waals surface area (Å²) in [5.41, 5.74) is -3.68. The number of hydrogen-bond donors (Lipinski definition) is 4. The van der Waals surface area contributed by atoms with Gasteiger partial charge in [0.1, 0.15) is 5.82 Å². The van der Waals surface area contributed by atoms with Crippen molar-refractivity contribution in [3.8, 4) is 0 Å². The molecule has 4 nitrogen and oxygen atoms in total. The van der Waals surface area contributed by atoms with Crippen LogP contribution in [0.5, 0.6) is 0 Å². The molecule has 0 spiro atoms. The summed E-state index contributed by atoms with van der Waals surface area (Å²) in [4.78, 5) is -1.15. The molecule has 0 radical (unpaired) electrons. The first kappa shape index (κ1) is 23.0. The zero-order valence-electron chi connectivity index (χ0n) is 14.3. The average Bonchev–Trinajstić information content (AvgIpc) is 2.54. The van der Waals surface area contributed by atoms with Gasteiger partial charge in [-0.05, 0) is 17.9 Å². The van der Waals surface area contributed by atoms with Gasteiger partial charge in [-0.1, -0.05) is 13.0 Å². The predicted octanol–water partition coefficient (Wildman–Crippen LogP) is 5.11. The lowest BCUT2D eigenvalue weighted by molar-refractivity contribution is -0.312. The number of nitrogens with one attached hydrogen (secondary N) is 3. The Bertz CT molecular complexity index is 826. The van der Waals surface area contributed by atoms with E-state index in [-0.39, 0.29) is 23.2 Å². The molecule has 29 heavy (non-hydrogen) atoms. The Labute approximate surface area is 162 Å². The lowest BCUT2D eigenvalue weighted by Gasteiger charge is -2.44. The van der Waals surface area contributed by atoms with Crippen molar-refractivity contribution in [2.24, 2.45) is 0 Å². The van der Waals surface area contributed by atoms with Crippen LogP contribution in [-0.4, -0.2) is 30.0 Å². The standard InChI is InChI=1S/C15H13F9N4S/c1-2-29-9(10(26)13(16,17)18)11-27-8-5-6(25)3-4-7(8)12(28-11,14(19,20)21)15(22,23)24/h3-5,26-28H,2,25H2,1H3/b11-9-,26-10?. The number of rotatable bonds is 3. The zero-order chi connectivity index (χ0) is 22.4. The van der Waals surface area contributed by atoms with Crippen molar-refractivity contribution in [1.82, 2.24) is 5.32 Å². The van der Waals surface area contributed by atoms with Crippen LogP contribution in [0.4, 0.5) is 50.9 Å². The van der Waals surface area contributed by atoms with E-state index in [9.17, 15) is 39.5 Å². The topological polar surface area (TPSA) is 73.9 Å². The van der Waals surface area contributed by atoms with Crippen LogP contribution in [0.2, 0.25) is 0 Å². The highest BCUT2D eigenvalue weighted by atomic mass is 32.2.